The molecule has 3 atom stereocenters. The van der Waals surface area contributed by atoms with Crippen molar-refractivity contribution in [3.8, 4) is 17.0 Å². The van der Waals surface area contributed by atoms with Crippen LogP contribution in [-0.2, 0) is 17.6 Å². The second-order valence-electron chi connectivity index (χ2n) is 13.0. The average molecular weight is 568 g/mol. The maximum atomic E-state index is 15.3. The van der Waals surface area contributed by atoms with Gasteiger partial charge in [-0.05, 0) is 66.8 Å². The van der Waals surface area contributed by atoms with Gasteiger partial charge in [0, 0.05) is 5.56 Å². The van der Waals surface area contributed by atoms with Crippen LogP contribution in [0.1, 0.15) is 127 Å². The van der Waals surface area contributed by atoms with Crippen LogP contribution in [0, 0.1) is 23.5 Å². The fraction of sp³-hybridized carbons (Fsp3) is 0.694. The van der Waals surface area contributed by atoms with Crippen LogP contribution in [0.25, 0.3) is 11.3 Å². The summed E-state index contributed by atoms with van der Waals surface area (Å²) in [5.41, 5.74) is 2.23. The highest BCUT2D eigenvalue weighted by Crippen LogP contribution is 2.37. The predicted molar refractivity (Wildman–Crippen MR) is 162 cm³/mol. The monoisotopic (exact) mass is 567 g/mol. The number of unbranched alkanes of at least 4 members (excludes halogenated alkanes) is 9. The summed E-state index contributed by atoms with van der Waals surface area (Å²) in [6.07, 6.45) is 25.5. The van der Waals surface area contributed by atoms with Crippen LogP contribution in [0.4, 0.5) is 8.78 Å². The first-order valence-corrected chi connectivity index (χ1v) is 16.9. The van der Waals surface area contributed by atoms with Crippen molar-refractivity contribution < 1.29 is 18.3 Å². The summed E-state index contributed by atoms with van der Waals surface area (Å²) in [4.78, 5) is 4.42. The molecule has 0 bridgehead atoms. The van der Waals surface area contributed by atoms with Gasteiger partial charge >= 0.3 is 0 Å². The van der Waals surface area contributed by atoms with Crippen LogP contribution in [0.2, 0.25) is 0 Å². The second kappa shape index (κ2) is 15.5. The molecule has 3 aliphatic rings. The van der Waals surface area contributed by atoms with Gasteiger partial charge in [-0.3, -0.25) is 4.98 Å². The molecule has 1 aliphatic heterocycles. The number of rotatable bonds is 19. The Balaban J connectivity index is 1.03. The van der Waals surface area contributed by atoms with Crippen molar-refractivity contribution in [1.29, 1.82) is 0 Å². The molecule has 5 heteroatoms. The lowest BCUT2D eigenvalue weighted by Crippen LogP contribution is -2.17. The molecular formula is C36H51F2NO2. The molecule has 1 saturated carbocycles. The van der Waals surface area contributed by atoms with Gasteiger partial charge in [-0.25, -0.2) is 8.78 Å². The third kappa shape index (κ3) is 9.24. The van der Waals surface area contributed by atoms with E-state index >= 15 is 8.78 Å². The third-order valence-corrected chi connectivity index (χ3v) is 9.59. The van der Waals surface area contributed by atoms with Crippen LogP contribution in [0.3, 0.4) is 0 Å². The number of nitrogens with zero attached hydrogens (tertiary/aromatic N) is 1. The van der Waals surface area contributed by atoms with Crippen molar-refractivity contribution >= 4 is 0 Å². The van der Waals surface area contributed by atoms with Crippen LogP contribution < -0.4 is 4.74 Å². The van der Waals surface area contributed by atoms with E-state index in [1.54, 1.807) is 18.3 Å². The Labute approximate surface area is 246 Å². The third-order valence-electron chi connectivity index (χ3n) is 9.59. The number of epoxide rings is 1. The van der Waals surface area contributed by atoms with Crippen LogP contribution in [-0.4, -0.2) is 23.8 Å². The zero-order valence-corrected chi connectivity index (χ0v) is 25.3. The lowest BCUT2D eigenvalue weighted by Gasteiger charge is -2.26. The highest BCUT2D eigenvalue weighted by atomic mass is 19.2. The molecule has 226 valence electrons. The van der Waals surface area contributed by atoms with Gasteiger partial charge in [-0.15, -0.1) is 0 Å². The minimum atomic E-state index is -0.774. The molecular weight excluding hydrogens is 516 g/mol. The minimum Gasteiger partial charge on any atom is -0.489 e. The molecule has 2 aliphatic carbocycles. The number of fused-ring (bicyclic) bond motifs is 1. The first-order valence-electron chi connectivity index (χ1n) is 16.9. The fourth-order valence-corrected chi connectivity index (χ4v) is 6.66. The van der Waals surface area contributed by atoms with Gasteiger partial charge < -0.3 is 9.47 Å². The molecule has 3 unspecified atom stereocenters. The van der Waals surface area contributed by atoms with Gasteiger partial charge in [-0.1, -0.05) is 103 Å². The highest BCUT2D eigenvalue weighted by Gasteiger charge is 2.38. The maximum absolute atomic E-state index is 15.3. The molecule has 0 N–H and O–H groups in total. The standard InChI is InChI=1S/C36H51F2NO2/c1-2-3-4-12-15-33-34(41-33)25-40-29-20-21-32(39-24-29)31-23-28-19-18-27(22-30(28)35(37)36(31)38)14-11-9-7-5-6-8-10-13-26-16-17-26/h20-21,23-24,26-27,33-34H,2-19,22,25H2,1H3. The first-order chi connectivity index (χ1) is 20.1. The first kappa shape index (κ1) is 30.4. The summed E-state index contributed by atoms with van der Waals surface area (Å²) >= 11 is 0. The van der Waals surface area contributed by atoms with E-state index in [2.05, 4.69) is 11.9 Å². The summed E-state index contributed by atoms with van der Waals surface area (Å²) < 4.78 is 42.1. The Morgan fingerprint density at radius 1 is 0.805 bits per heavy atom. The molecule has 1 aromatic heterocycles. The Bertz CT molecular complexity index is 1080. The van der Waals surface area contributed by atoms with E-state index in [-0.39, 0.29) is 11.7 Å². The molecule has 2 heterocycles. The lowest BCUT2D eigenvalue weighted by atomic mass is 9.80. The summed E-state index contributed by atoms with van der Waals surface area (Å²) in [6, 6.07) is 5.35. The highest BCUT2D eigenvalue weighted by molar-refractivity contribution is 5.63. The van der Waals surface area contributed by atoms with Gasteiger partial charge in [0.1, 0.15) is 18.5 Å². The van der Waals surface area contributed by atoms with E-state index in [0.717, 1.165) is 37.2 Å². The SMILES string of the molecule is CCCCCCC1OC1COc1ccc(-c2cc3c(c(F)c2F)CC(CCCCCCCCCC2CC2)CC3)nc1. The molecule has 5 rings (SSSR count). The number of ether oxygens (including phenoxy) is 2. The Morgan fingerprint density at radius 2 is 1.51 bits per heavy atom. The summed E-state index contributed by atoms with van der Waals surface area (Å²) in [6.45, 7) is 2.72. The van der Waals surface area contributed by atoms with E-state index in [1.807, 2.05) is 6.07 Å². The summed E-state index contributed by atoms with van der Waals surface area (Å²) in [5, 5.41) is 0. The summed E-state index contributed by atoms with van der Waals surface area (Å²) in [7, 11) is 0. The Hall–Kier alpha value is -2.01. The molecule has 1 aromatic carbocycles. The van der Waals surface area contributed by atoms with Crippen LogP contribution in [0.5, 0.6) is 5.75 Å². The van der Waals surface area contributed by atoms with E-state index in [9.17, 15) is 0 Å². The number of halogens is 2. The topological polar surface area (TPSA) is 34.6 Å². The Kier molecular flexibility index (Phi) is 11.5. The van der Waals surface area contributed by atoms with Crippen molar-refractivity contribution in [1.82, 2.24) is 4.98 Å². The van der Waals surface area contributed by atoms with Crippen molar-refractivity contribution in [3.05, 3.63) is 47.2 Å². The number of hydrogen-bond acceptors (Lipinski definition) is 3. The van der Waals surface area contributed by atoms with Crippen molar-refractivity contribution in [2.45, 2.75) is 141 Å². The molecule has 3 nitrogen and oxygen atoms in total. The second-order valence-corrected chi connectivity index (χ2v) is 13.0. The normalized spacial score (nSPS) is 21.6. The van der Waals surface area contributed by atoms with Gasteiger partial charge in [0.15, 0.2) is 11.6 Å². The quantitative estimate of drug-likeness (QED) is 0.125. The van der Waals surface area contributed by atoms with E-state index in [4.69, 9.17) is 9.47 Å². The molecule has 0 amide bonds. The van der Waals surface area contributed by atoms with Gasteiger partial charge in [0.25, 0.3) is 0 Å². The maximum Gasteiger partial charge on any atom is 0.168 e. The minimum absolute atomic E-state index is 0.151. The van der Waals surface area contributed by atoms with Crippen LogP contribution in [0.15, 0.2) is 24.4 Å². The number of benzene rings is 1. The van der Waals surface area contributed by atoms with E-state index < -0.39 is 11.6 Å². The molecule has 2 aromatic rings. The molecule has 2 fully saturated rings. The number of aryl methyl sites for hydroxylation is 1. The molecule has 0 radical (unpaired) electrons. The number of pyridine rings is 1. The van der Waals surface area contributed by atoms with Crippen molar-refractivity contribution in [2.75, 3.05) is 6.61 Å². The van der Waals surface area contributed by atoms with Gasteiger partial charge in [0.05, 0.1) is 18.0 Å². The molecule has 41 heavy (non-hydrogen) atoms. The zero-order valence-electron chi connectivity index (χ0n) is 25.3. The zero-order chi connectivity index (χ0) is 28.4. The number of hydrogen-bond donors (Lipinski definition) is 0. The van der Waals surface area contributed by atoms with Gasteiger partial charge in [0.2, 0.25) is 0 Å². The van der Waals surface area contributed by atoms with E-state index in [0.29, 0.717) is 42.1 Å². The lowest BCUT2D eigenvalue weighted by molar-refractivity contribution is 0.258. The predicted octanol–water partition coefficient (Wildman–Crippen LogP) is 10.2. The molecule has 1 saturated heterocycles. The Morgan fingerprint density at radius 3 is 2.22 bits per heavy atom. The van der Waals surface area contributed by atoms with E-state index in [1.165, 1.54) is 89.9 Å². The number of aromatic nitrogens is 1. The van der Waals surface area contributed by atoms with Crippen molar-refractivity contribution in [3.63, 3.8) is 0 Å². The average Bonchev–Trinajstić information content (AvgIpc) is 3.93. The van der Waals surface area contributed by atoms with Gasteiger partial charge in [-0.2, -0.15) is 0 Å². The summed E-state index contributed by atoms with van der Waals surface area (Å²) in [5.74, 6) is 0.705. The largest absolute Gasteiger partial charge is 0.489 e. The fourth-order valence-electron chi connectivity index (χ4n) is 6.66. The van der Waals surface area contributed by atoms with Crippen molar-refractivity contribution in [2.24, 2.45) is 11.8 Å². The van der Waals surface area contributed by atoms with Crippen LogP contribution >= 0.6 is 0 Å². The smallest absolute Gasteiger partial charge is 0.168 e. The molecule has 0 spiro atoms.